The molecule has 164 valence electrons. The predicted molar refractivity (Wildman–Crippen MR) is 132 cm³/mol. The number of amides is 1. The Balaban J connectivity index is 1.66. The van der Waals surface area contributed by atoms with Crippen molar-refractivity contribution in [3.05, 3.63) is 87.1 Å². The maximum absolute atomic E-state index is 12.9. The minimum atomic E-state index is -3.76. The number of nitrogens with one attached hydrogen (secondary N) is 1. The van der Waals surface area contributed by atoms with E-state index < -0.39 is 15.9 Å². The molecular formula is C23H20BrN3O3S2. The highest BCUT2D eigenvalue weighted by molar-refractivity contribution is 9.10. The molecule has 0 aliphatic heterocycles. The highest BCUT2D eigenvalue weighted by atomic mass is 79.9. The zero-order valence-corrected chi connectivity index (χ0v) is 20.6. The number of anilines is 1. The van der Waals surface area contributed by atoms with Gasteiger partial charge in [-0.15, -0.1) is 0 Å². The van der Waals surface area contributed by atoms with Crippen molar-refractivity contribution in [2.75, 3.05) is 4.72 Å². The molecule has 0 saturated carbocycles. The average molecular weight is 530 g/mol. The molecule has 3 aromatic carbocycles. The zero-order valence-electron chi connectivity index (χ0n) is 17.4. The molecule has 0 aliphatic rings. The number of sulfonamides is 1. The average Bonchev–Trinajstić information content (AvgIpc) is 3.09. The van der Waals surface area contributed by atoms with E-state index in [4.69, 9.17) is 0 Å². The van der Waals surface area contributed by atoms with E-state index in [0.717, 1.165) is 20.3 Å². The van der Waals surface area contributed by atoms with E-state index >= 15 is 0 Å². The third-order valence-corrected chi connectivity index (χ3v) is 7.78. The predicted octanol–water partition coefficient (Wildman–Crippen LogP) is 5.34. The lowest BCUT2D eigenvalue weighted by Gasteiger charge is -2.09. The molecule has 1 heterocycles. The van der Waals surface area contributed by atoms with Gasteiger partial charge >= 0.3 is 0 Å². The van der Waals surface area contributed by atoms with Gasteiger partial charge in [0.2, 0.25) is 0 Å². The van der Waals surface area contributed by atoms with Crippen LogP contribution in [0.4, 0.5) is 5.69 Å². The first-order valence-electron chi connectivity index (χ1n) is 9.84. The molecule has 0 saturated heterocycles. The van der Waals surface area contributed by atoms with Gasteiger partial charge in [-0.25, -0.2) is 8.42 Å². The summed E-state index contributed by atoms with van der Waals surface area (Å²) >= 11 is 4.90. The minimum absolute atomic E-state index is 0.157. The van der Waals surface area contributed by atoms with E-state index in [9.17, 15) is 13.2 Å². The Kier molecular flexibility index (Phi) is 6.32. The number of carbonyl (C=O) groups excluding carboxylic acids is 1. The topological polar surface area (TPSA) is 80.5 Å². The van der Waals surface area contributed by atoms with Crippen molar-refractivity contribution in [3.8, 4) is 0 Å². The molecule has 0 radical (unpaired) electrons. The number of hydrogen-bond donors (Lipinski definition) is 1. The second kappa shape index (κ2) is 9.01. The molecule has 0 fully saturated rings. The van der Waals surface area contributed by atoms with Crippen LogP contribution in [0.5, 0.6) is 0 Å². The van der Waals surface area contributed by atoms with Gasteiger partial charge in [-0.2, -0.15) is 4.99 Å². The lowest BCUT2D eigenvalue weighted by atomic mass is 10.2. The Labute approximate surface area is 198 Å². The summed E-state index contributed by atoms with van der Waals surface area (Å²) in [5.41, 5.74) is 2.58. The number of thiazole rings is 1. The van der Waals surface area contributed by atoms with Crippen molar-refractivity contribution in [1.82, 2.24) is 4.57 Å². The molecule has 0 spiro atoms. The molecule has 0 aliphatic carbocycles. The number of aromatic nitrogens is 1. The summed E-state index contributed by atoms with van der Waals surface area (Å²) in [4.78, 5) is 18.0. The molecular weight excluding hydrogens is 510 g/mol. The summed E-state index contributed by atoms with van der Waals surface area (Å²) in [5, 5.41) is 0. The van der Waals surface area contributed by atoms with Crippen LogP contribution < -0.4 is 9.52 Å². The summed E-state index contributed by atoms with van der Waals surface area (Å²) < 4.78 is 31.8. The SMILES string of the molecule is CCn1c(=NC(=O)c2cccc(NS(=O)(=O)c3ccc(C)cc3)c2)sc2cc(Br)ccc21. The summed E-state index contributed by atoms with van der Waals surface area (Å²) in [7, 11) is -3.76. The fraction of sp³-hybridized carbons (Fsp3) is 0.130. The minimum Gasteiger partial charge on any atom is -0.317 e. The Morgan fingerprint density at radius 2 is 1.84 bits per heavy atom. The first-order valence-corrected chi connectivity index (χ1v) is 12.9. The third-order valence-electron chi connectivity index (χ3n) is 4.85. The van der Waals surface area contributed by atoms with Crippen molar-refractivity contribution in [3.63, 3.8) is 0 Å². The van der Waals surface area contributed by atoms with Crippen LogP contribution in [0, 0.1) is 6.92 Å². The van der Waals surface area contributed by atoms with Crippen LogP contribution in [0.25, 0.3) is 10.2 Å². The van der Waals surface area contributed by atoms with Crippen molar-refractivity contribution >= 4 is 59.1 Å². The second-order valence-corrected chi connectivity index (χ2v) is 10.8. The lowest BCUT2D eigenvalue weighted by Crippen LogP contribution is -2.16. The van der Waals surface area contributed by atoms with Crippen molar-refractivity contribution < 1.29 is 13.2 Å². The molecule has 0 bridgehead atoms. The van der Waals surface area contributed by atoms with Crippen molar-refractivity contribution in [2.24, 2.45) is 4.99 Å². The number of hydrogen-bond acceptors (Lipinski definition) is 4. The smallest absolute Gasteiger partial charge is 0.279 e. The summed E-state index contributed by atoms with van der Waals surface area (Å²) in [5.74, 6) is -0.436. The van der Waals surface area contributed by atoms with Gasteiger partial charge in [0.25, 0.3) is 15.9 Å². The Hall–Kier alpha value is -2.75. The zero-order chi connectivity index (χ0) is 22.9. The summed E-state index contributed by atoms with van der Waals surface area (Å²) in [6, 6.07) is 18.9. The van der Waals surface area contributed by atoms with E-state index in [1.54, 1.807) is 42.5 Å². The molecule has 0 unspecified atom stereocenters. The number of halogens is 1. The highest BCUT2D eigenvalue weighted by Crippen LogP contribution is 2.23. The largest absolute Gasteiger partial charge is 0.317 e. The van der Waals surface area contributed by atoms with Crippen LogP contribution >= 0.6 is 27.3 Å². The Bertz CT molecular complexity index is 1490. The van der Waals surface area contributed by atoms with Gasteiger partial charge in [0.15, 0.2) is 4.80 Å². The van der Waals surface area contributed by atoms with Crippen LogP contribution in [0.2, 0.25) is 0 Å². The van der Waals surface area contributed by atoms with E-state index in [1.807, 2.05) is 36.6 Å². The van der Waals surface area contributed by atoms with Gasteiger partial charge in [-0.05, 0) is 62.4 Å². The van der Waals surface area contributed by atoms with Gasteiger partial charge in [-0.1, -0.05) is 51.0 Å². The lowest BCUT2D eigenvalue weighted by molar-refractivity contribution is 0.0998. The van der Waals surface area contributed by atoms with Crippen LogP contribution in [-0.2, 0) is 16.6 Å². The molecule has 9 heteroatoms. The van der Waals surface area contributed by atoms with Crippen molar-refractivity contribution in [1.29, 1.82) is 0 Å². The molecule has 1 N–H and O–H groups in total. The first-order chi connectivity index (χ1) is 15.3. The maximum Gasteiger partial charge on any atom is 0.279 e. The number of aryl methyl sites for hydroxylation is 2. The number of rotatable bonds is 5. The van der Waals surface area contributed by atoms with Crippen molar-refractivity contribution in [2.45, 2.75) is 25.3 Å². The van der Waals surface area contributed by atoms with Crippen LogP contribution in [0.15, 0.2) is 81.1 Å². The number of benzene rings is 3. The standard InChI is InChI=1S/C23H20BrN3O3S2/c1-3-27-20-12-9-17(24)14-21(20)31-23(27)25-22(28)16-5-4-6-18(13-16)26-32(29,30)19-10-7-15(2)8-11-19/h4-14,26H,3H2,1-2H3. The maximum atomic E-state index is 12.9. The molecule has 1 aromatic heterocycles. The Morgan fingerprint density at radius 3 is 2.56 bits per heavy atom. The van der Waals surface area contributed by atoms with Gasteiger partial charge in [-0.3, -0.25) is 9.52 Å². The normalized spacial score (nSPS) is 12.3. The monoisotopic (exact) mass is 529 g/mol. The fourth-order valence-electron chi connectivity index (χ4n) is 3.24. The van der Waals surface area contributed by atoms with E-state index in [0.29, 0.717) is 22.6 Å². The summed E-state index contributed by atoms with van der Waals surface area (Å²) in [6.07, 6.45) is 0. The van der Waals surface area contributed by atoms with E-state index in [-0.39, 0.29) is 4.90 Å². The van der Waals surface area contributed by atoms with Crippen LogP contribution in [0.1, 0.15) is 22.8 Å². The highest BCUT2D eigenvalue weighted by Gasteiger charge is 2.15. The number of nitrogens with zero attached hydrogens (tertiary/aromatic N) is 2. The number of carbonyl (C=O) groups is 1. The third kappa shape index (κ3) is 4.69. The quantitative estimate of drug-likeness (QED) is 0.379. The molecule has 4 aromatic rings. The van der Waals surface area contributed by atoms with Crippen LogP contribution in [-0.4, -0.2) is 18.9 Å². The molecule has 4 rings (SSSR count). The molecule has 32 heavy (non-hydrogen) atoms. The first kappa shape index (κ1) is 22.4. The fourth-order valence-corrected chi connectivity index (χ4v) is 5.93. The van der Waals surface area contributed by atoms with Crippen LogP contribution in [0.3, 0.4) is 0 Å². The van der Waals surface area contributed by atoms with Gasteiger partial charge in [0, 0.05) is 22.3 Å². The van der Waals surface area contributed by atoms with E-state index in [2.05, 4.69) is 25.6 Å². The molecule has 6 nitrogen and oxygen atoms in total. The number of fused-ring (bicyclic) bond motifs is 1. The summed E-state index contributed by atoms with van der Waals surface area (Å²) in [6.45, 7) is 4.56. The van der Waals surface area contributed by atoms with Gasteiger partial charge < -0.3 is 4.57 Å². The molecule has 1 amide bonds. The van der Waals surface area contributed by atoms with Gasteiger partial charge in [0.1, 0.15) is 0 Å². The van der Waals surface area contributed by atoms with E-state index in [1.165, 1.54) is 17.4 Å². The second-order valence-electron chi connectivity index (χ2n) is 7.16. The molecule has 0 atom stereocenters. The Morgan fingerprint density at radius 1 is 1.09 bits per heavy atom. The van der Waals surface area contributed by atoms with Gasteiger partial charge in [0.05, 0.1) is 15.1 Å².